The summed E-state index contributed by atoms with van der Waals surface area (Å²) in [6.07, 6.45) is 1.22. The molecular formula is C20H30ClN3O4. The molecule has 156 valence electrons. The standard InChI is InChI=1S/C20H30ClN3O4/c1-20(2,3)28-19(26)22-12-16-11-17(27-4)8-9-24(16)13-18(25)23-15-7-5-6-14(21)10-15/h5-7,10,16-17H,8-9,11-13H2,1-4H3,(H,22,26)(H,23,25)/t16-,17+/m0/s1. The van der Waals surface area contributed by atoms with E-state index in [9.17, 15) is 9.59 Å². The molecule has 8 heteroatoms. The summed E-state index contributed by atoms with van der Waals surface area (Å²) in [6.45, 7) is 6.78. The molecule has 0 bridgehead atoms. The molecule has 1 saturated heterocycles. The molecule has 2 atom stereocenters. The predicted molar refractivity (Wildman–Crippen MR) is 110 cm³/mol. The van der Waals surface area contributed by atoms with E-state index in [1.54, 1.807) is 31.4 Å². The summed E-state index contributed by atoms with van der Waals surface area (Å²) in [6, 6.07) is 7.03. The van der Waals surface area contributed by atoms with Crippen LogP contribution >= 0.6 is 11.6 Å². The third-order valence-corrected chi connectivity index (χ3v) is 4.69. The highest BCUT2D eigenvalue weighted by Gasteiger charge is 2.30. The van der Waals surface area contributed by atoms with Gasteiger partial charge < -0.3 is 20.1 Å². The van der Waals surface area contributed by atoms with Gasteiger partial charge in [0.15, 0.2) is 0 Å². The van der Waals surface area contributed by atoms with E-state index in [1.807, 2.05) is 20.8 Å². The number of piperidine rings is 1. The minimum Gasteiger partial charge on any atom is -0.444 e. The topological polar surface area (TPSA) is 79.9 Å². The Kier molecular flexibility index (Phi) is 8.10. The molecule has 1 aromatic carbocycles. The van der Waals surface area contributed by atoms with Crippen LogP contribution in [0.5, 0.6) is 0 Å². The van der Waals surface area contributed by atoms with E-state index in [-0.39, 0.29) is 24.6 Å². The molecule has 2 N–H and O–H groups in total. The zero-order valence-electron chi connectivity index (χ0n) is 17.0. The highest BCUT2D eigenvalue weighted by atomic mass is 35.5. The molecule has 0 unspecified atom stereocenters. The van der Waals surface area contributed by atoms with Gasteiger partial charge in [-0.3, -0.25) is 9.69 Å². The van der Waals surface area contributed by atoms with Crippen molar-refractivity contribution < 1.29 is 19.1 Å². The van der Waals surface area contributed by atoms with Gasteiger partial charge in [-0.1, -0.05) is 17.7 Å². The number of methoxy groups -OCH3 is 1. The quantitative estimate of drug-likeness (QED) is 0.750. The maximum atomic E-state index is 12.5. The van der Waals surface area contributed by atoms with E-state index in [0.29, 0.717) is 23.8 Å². The minimum atomic E-state index is -0.553. The molecule has 1 fully saturated rings. The van der Waals surface area contributed by atoms with Crippen LogP contribution in [0.2, 0.25) is 5.02 Å². The second-order valence-electron chi connectivity index (χ2n) is 7.95. The summed E-state index contributed by atoms with van der Waals surface area (Å²) >= 11 is 5.96. The van der Waals surface area contributed by atoms with Gasteiger partial charge in [0.25, 0.3) is 0 Å². The fourth-order valence-corrected chi connectivity index (χ4v) is 3.35. The van der Waals surface area contributed by atoms with Crippen molar-refractivity contribution in [2.75, 3.05) is 32.1 Å². The van der Waals surface area contributed by atoms with Crippen LogP contribution in [0.25, 0.3) is 0 Å². The Balaban J connectivity index is 1.93. The third kappa shape index (κ3) is 7.66. The van der Waals surface area contributed by atoms with Gasteiger partial charge in [-0.05, 0) is 51.8 Å². The molecule has 2 rings (SSSR count). The number of likely N-dealkylation sites (tertiary alicyclic amines) is 1. The average molecular weight is 412 g/mol. The third-order valence-electron chi connectivity index (χ3n) is 4.46. The molecule has 1 aliphatic rings. The highest BCUT2D eigenvalue weighted by Crippen LogP contribution is 2.20. The fourth-order valence-electron chi connectivity index (χ4n) is 3.16. The monoisotopic (exact) mass is 411 g/mol. The van der Waals surface area contributed by atoms with Crippen LogP contribution in [0.15, 0.2) is 24.3 Å². The van der Waals surface area contributed by atoms with Crippen LogP contribution in [0.1, 0.15) is 33.6 Å². The van der Waals surface area contributed by atoms with E-state index in [4.69, 9.17) is 21.1 Å². The lowest BCUT2D eigenvalue weighted by molar-refractivity contribution is -0.118. The van der Waals surface area contributed by atoms with E-state index in [1.165, 1.54) is 0 Å². The lowest BCUT2D eigenvalue weighted by Gasteiger charge is -2.38. The van der Waals surface area contributed by atoms with Gasteiger partial charge in [0.05, 0.1) is 12.6 Å². The fraction of sp³-hybridized carbons (Fsp3) is 0.600. The van der Waals surface area contributed by atoms with E-state index < -0.39 is 11.7 Å². The number of anilines is 1. The first-order valence-corrected chi connectivity index (χ1v) is 9.83. The molecule has 7 nitrogen and oxygen atoms in total. The van der Waals surface area contributed by atoms with Crippen molar-refractivity contribution in [1.29, 1.82) is 0 Å². The number of amides is 2. The smallest absolute Gasteiger partial charge is 0.407 e. The second kappa shape index (κ2) is 10.1. The zero-order valence-corrected chi connectivity index (χ0v) is 17.7. The van der Waals surface area contributed by atoms with Gasteiger partial charge >= 0.3 is 6.09 Å². The number of hydrogen-bond donors (Lipinski definition) is 2. The first kappa shape index (κ1) is 22.5. The summed E-state index contributed by atoms with van der Waals surface area (Å²) < 4.78 is 10.8. The molecule has 1 aliphatic heterocycles. The zero-order chi connectivity index (χ0) is 20.7. The average Bonchev–Trinajstić information content (AvgIpc) is 2.59. The number of halogens is 1. The number of ether oxygens (including phenoxy) is 2. The number of carbonyl (C=O) groups is 2. The van der Waals surface area contributed by atoms with Crippen molar-refractivity contribution in [2.24, 2.45) is 0 Å². The van der Waals surface area contributed by atoms with Crippen LogP contribution in [0.4, 0.5) is 10.5 Å². The maximum absolute atomic E-state index is 12.5. The first-order valence-electron chi connectivity index (χ1n) is 9.45. The predicted octanol–water partition coefficient (Wildman–Crippen LogP) is 3.28. The normalized spacial score (nSPS) is 20.5. The molecule has 0 radical (unpaired) electrons. The molecule has 0 saturated carbocycles. The van der Waals surface area contributed by atoms with Crippen LogP contribution < -0.4 is 10.6 Å². The number of alkyl carbamates (subject to hydrolysis) is 1. The molecule has 2 amide bonds. The summed E-state index contributed by atoms with van der Waals surface area (Å²) in [5.74, 6) is -0.125. The number of rotatable bonds is 6. The van der Waals surface area contributed by atoms with Crippen molar-refractivity contribution in [3.8, 4) is 0 Å². The summed E-state index contributed by atoms with van der Waals surface area (Å²) in [4.78, 5) is 26.5. The van der Waals surface area contributed by atoms with Crippen LogP contribution in [-0.2, 0) is 14.3 Å². The van der Waals surface area contributed by atoms with Gasteiger partial charge in [-0.15, -0.1) is 0 Å². The van der Waals surface area contributed by atoms with Crippen molar-refractivity contribution >= 4 is 29.3 Å². The van der Waals surface area contributed by atoms with Gasteiger partial charge in [-0.25, -0.2) is 4.79 Å². The molecular weight excluding hydrogens is 382 g/mol. The number of benzene rings is 1. The van der Waals surface area contributed by atoms with Crippen molar-refractivity contribution in [1.82, 2.24) is 10.2 Å². The van der Waals surface area contributed by atoms with E-state index >= 15 is 0 Å². The molecule has 28 heavy (non-hydrogen) atoms. The van der Waals surface area contributed by atoms with Crippen molar-refractivity contribution in [3.05, 3.63) is 29.3 Å². The molecule has 1 heterocycles. The molecule has 0 spiro atoms. The Morgan fingerprint density at radius 1 is 1.32 bits per heavy atom. The molecule has 0 aliphatic carbocycles. The summed E-state index contributed by atoms with van der Waals surface area (Å²) in [5.41, 5.74) is 0.107. The van der Waals surface area contributed by atoms with Crippen LogP contribution in [-0.4, -0.2) is 61.4 Å². The van der Waals surface area contributed by atoms with Gasteiger partial charge in [0.1, 0.15) is 5.60 Å². The number of hydrogen-bond acceptors (Lipinski definition) is 5. The SMILES string of the molecule is CO[C@@H]1CCN(CC(=O)Nc2cccc(Cl)c2)[C@H](CNC(=O)OC(C)(C)C)C1. The number of carbonyl (C=O) groups excluding carboxylic acids is 2. The molecule has 1 aromatic rings. The van der Waals surface area contributed by atoms with Gasteiger partial charge in [0, 0.05) is 37.0 Å². The Morgan fingerprint density at radius 3 is 2.71 bits per heavy atom. The Hall–Kier alpha value is -1.83. The second-order valence-corrected chi connectivity index (χ2v) is 8.38. The van der Waals surface area contributed by atoms with E-state index in [2.05, 4.69) is 15.5 Å². The largest absolute Gasteiger partial charge is 0.444 e. The van der Waals surface area contributed by atoms with E-state index in [0.717, 1.165) is 12.8 Å². The maximum Gasteiger partial charge on any atom is 0.407 e. The Morgan fingerprint density at radius 2 is 2.07 bits per heavy atom. The van der Waals surface area contributed by atoms with Crippen molar-refractivity contribution in [2.45, 2.75) is 51.4 Å². The highest BCUT2D eigenvalue weighted by molar-refractivity contribution is 6.30. The lowest BCUT2D eigenvalue weighted by atomic mass is 9.99. The number of nitrogens with zero attached hydrogens (tertiary/aromatic N) is 1. The van der Waals surface area contributed by atoms with Crippen LogP contribution in [0.3, 0.4) is 0 Å². The first-order chi connectivity index (χ1) is 13.2. The van der Waals surface area contributed by atoms with Gasteiger partial charge in [-0.2, -0.15) is 0 Å². The Bertz CT molecular complexity index is 678. The van der Waals surface area contributed by atoms with Gasteiger partial charge in [0.2, 0.25) is 5.91 Å². The lowest BCUT2D eigenvalue weighted by Crippen LogP contribution is -2.52. The van der Waals surface area contributed by atoms with Crippen LogP contribution in [0, 0.1) is 0 Å². The number of nitrogens with one attached hydrogen (secondary N) is 2. The summed E-state index contributed by atoms with van der Waals surface area (Å²) in [5, 5.41) is 6.24. The van der Waals surface area contributed by atoms with Crippen molar-refractivity contribution in [3.63, 3.8) is 0 Å². The minimum absolute atomic E-state index is 0.0173. The summed E-state index contributed by atoms with van der Waals surface area (Å²) in [7, 11) is 1.69. The Labute approximate surface area is 171 Å². The molecule has 0 aromatic heterocycles.